The fourth-order valence-corrected chi connectivity index (χ4v) is 3.69. The van der Waals surface area contributed by atoms with Crippen molar-refractivity contribution in [3.63, 3.8) is 0 Å². The summed E-state index contributed by atoms with van der Waals surface area (Å²) in [5.74, 6) is 1.57. The van der Waals surface area contributed by atoms with Crippen molar-refractivity contribution in [2.75, 3.05) is 53.5 Å². The number of hydrogen-bond donors (Lipinski definition) is 2. The summed E-state index contributed by atoms with van der Waals surface area (Å²) in [6.45, 7) is 13.8. The highest BCUT2D eigenvalue weighted by atomic mass is 16.5. The van der Waals surface area contributed by atoms with Crippen LogP contribution in [0, 0.1) is 5.92 Å². The smallest absolute Gasteiger partial charge is 0.191 e. The van der Waals surface area contributed by atoms with Crippen molar-refractivity contribution in [1.82, 2.24) is 20.4 Å². The molecule has 1 unspecified atom stereocenters. The zero-order valence-corrected chi connectivity index (χ0v) is 19.1. The number of guanidine groups is 1. The van der Waals surface area contributed by atoms with Crippen molar-refractivity contribution in [2.24, 2.45) is 10.9 Å². The van der Waals surface area contributed by atoms with E-state index in [1.165, 1.54) is 17.5 Å². The SMILES string of the molecule is CCNC(=NCc1ccc(CN(C)C)cc1)NCC(CC(C)C)N1CCOCC1. The molecule has 0 saturated carbocycles. The highest BCUT2D eigenvalue weighted by molar-refractivity contribution is 5.79. The van der Waals surface area contributed by atoms with Gasteiger partial charge in [0.25, 0.3) is 0 Å². The first kappa shape index (κ1) is 23.6. The average molecular weight is 404 g/mol. The molecule has 0 aliphatic carbocycles. The molecule has 0 amide bonds. The van der Waals surface area contributed by atoms with Gasteiger partial charge in [-0.05, 0) is 44.5 Å². The number of rotatable bonds is 10. The van der Waals surface area contributed by atoms with Crippen LogP contribution in [0.4, 0.5) is 0 Å². The second-order valence-electron chi connectivity index (χ2n) is 8.56. The third kappa shape index (κ3) is 9.15. The number of aliphatic imine (C=N–C) groups is 1. The Balaban J connectivity index is 1.94. The average Bonchev–Trinajstić information content (AvgIpc) is 2.70. The maximum absolute atomic E-state index is 5.54. The Morgan fingerprint density at radius 2 is 1.76 bits per heavy atom. The molecule has 6 heteroatoms. The van der Waals surface area contributed by atoms with E-state index in [9.17, 15) is 0 Å². The maximum Gasteiger partial charge on any atom is 0.191 e. The van der Waals surface area contributed by atoms with Gasteiger partial charge in [0, 0.05) is 38.8 Å². The van der Waals surface area contributed by atoms with E-state index in [4.69, 9.17) is 9.73 Å². The number of nitrogens with zero attached hydrogens (tertiary/aromatic N) is 3. The van der Waals surface area contributed by atoms with Gasteiger partial charge in [0.2, 0.25) is 0 Å². The Hall–Kier alpha value is -1.63. The lowest BCUT2D eigenvalue weighted by molar-refractivity contribution is 0.0132. The molecule has 1 saturated heterocycles. The second kappa shape index (κ2) is 12.8. The monoisotopic (exact) mass is 403 g/mol. The minimum Gasteiger partial charge on any atom is -0.379 e. The Morgan fingerprint density at radius 1 is 1.10 bits per heavy atom. The van der Waals surface area contributed by atoms with Crippen molar-refractivity contribution >= 4 is 5.96 Å². The van der Waals surface area contributed by atoms with Crippen LogP contribution in [0.1, 0.15) is 38.3 Å². The first-order chi connectivity index (χ1) is 14.0. The molecule has 0 radical (unpaired) electrons. The first-order valence-electron chi connectivity index (χ1n) is 11.0. The Labute approximate surface area is 177 Å². The molecule has 1 fully saturated rings. The quantitative estimate of drug-likeness (QED) is 0.464. The molecule has 1 aromatic rings. The van der Waals surface area contributed by atoms with E-state index in [0.29, 0.717) is 18.5 Å². The van der Waals surface area contributed by atoms with Crippen LogP contribution in [0.2, 0.25) is 0 Å². The van der Waals surface area contributed by atoms with Crippen molar-refractivity contribution < 1.29 is 4.74 Å². The molecular weight excluding hydrogens is 362 g/mol. The summed E-state index contributed by atoms with van der Waals surface area (Å²) in [4.78, 5) is 9.55. The predicted octanol–water partition coefficient (Wildman–Crippen LogP) is 2.55. The van der Waals surface area contributed by atoms with Gasteiger partial charge in [-0.2, -0.15) is 0 Å². The fraction of sp³-hybridized carbons (Fsp3) is 0.696. The van der Waals surface area contributed by atoms with E-state index in [1.54, 1.807) is 0 Å². The standard InChI is InChI=1S/C23H41N5O/c1-6-24-23(25-16-20-7-9-21(10-8-20)18-27(4)5)26-17-22(15-19(2)3)28-11-13-29-14-12-28/h7-10,19,22H,6,11-18H2,1-5H3,(H2,24,25,26). The number of nitrogens with one attached hydrogen (secondary N) is 2. The van der Waals surface area contributed by atoms with Crippen LogP contribution in [0.25, 0.3) is 0 Å². The molecule has 29 heavy (non-hydrogen) atoms. The fourth-order valence-electron chi connectivity index (χ4n) is 3.69. The molecule has 1 aromatic carbocycles. The van der Waals surface area contributed by atoms with Gasteiger partial charge in [-0.25, -0.2) is 4.99 Å². The lowest BCUT2D eigenvalue weighted by Crippen LogP contribution is -2.51. The second-order valence-corrected chi connectivity index (χ2v) is 8.56. The molecule has 2 N–H and O–H groups in total. The Morgan fingerprint density at radius 3 is 2.34 bits per heavy atom. The van der Waals surface area contributed by atoms with E-state index >= 15 is 0 Å². The van der Waals surface area contributed by atoms with Crippen molar-refractivity contribution in [3.8, 4) is 0 Å². The van der Waals surface area contributed by atoms with Crippen LogP contribution in [-0.2, 0) is 17.8 Å². The summed E-state index contributed by atoms with van der Waals surface area (Å²) in [5.41, 5.74) is 2.56. The summed E-state index contributed by atoms with van der Waals surface area (Å²) < 4.78 is 5.54. The molecule has 1 aliphatic rings. The summed E-state index contributed by atoms with van der Waals surface area (Å²) >= 11 is 0. The minimum atomic E-state index is 0.507. The van der Waals surface area contributed by atoms with Crippen LogP contribution in [0.3, 0.4) is 0 Å². The van der Waals surface area contributed by atoms with Crippen LogP contribution < -0.4 is 10.6 Å². The van der Waals surface area contributed by atoms with Gasteiger partial charge in [-0.3, -0.25) is 4.90 Å². The summed E-state index contributed by atoms with van der Waals surface area (Å²) in [7, 11) is 4.19. The van der Waals surface area contributed by atoms with Crippen molar-refractivity contribution in [3.05, 3.63) is 35.4 Å². The van der Waals surface area contributed by atoms with Crippen LogP contribution in [0.15, 0.2) is 29.3 Å². The van der Waals surface area contributed by atoms with Crippen molar-refractivity contribution in [1.29, 1.82) is 0 Å². The summed E-state index contributed by atoms with van der Waals surface area (Å²) in [6.07, 6.45) is 1.18. The highest BCUT2D eigenvalue weighted by Gasteiger charge is 2.22. The molecule has 164 valence electrons. The van der Waals surface area contributed by atoms with Gasteiger partial charge in [-0.1, -0.05) is 38.1 Å². The van der Waals surface area contributed by atoms with E-state index in [2.05, 4.69) is 79.6 Å². The summed E-state index contributed by atoms with van der Waals surface area (Å²) in [6, 6.07) is 9.26. The number of benzene rings is 1. The maximum atomic E-state index is 5.54. The molecule has 0 aromatic heterocycles. The van der Waals surface area contributed by atoms with E-state index < -0.39 is 0 Å². The first-order valence-corrected chi connectivity index (χ1v) is 11.0. The third-order valence-electron chi connectivity index (χ3n) is 5.10. The molecule has 1 aliphatic heterocycles. The normalized spacial score (nSPS) is 17.0. The zero-order valence-electron chi connectivity index (χ0n) is 19.1. The van der Waals surface area contributed by atoms with Gasteiger partial charge in [-0.15, -0.1) is 0 Å². The lowest BCUT2D eigenvalue weighted by Gasteiger charge is -2.35. The predicted molar refractivity (Wildman–Crippen MR) is 122 cm³/mol. The Kier molecular flexibility index (Phi) is 10.5. The summed E-state index contributed by atoms with van der Waals surface area (Å²) in [5, 5.41) is 6.97. The molecule has 2 rings (SSSR count). The lowest BCUT2D eigenvalue weighted by atomic mass is 10.0. The van der Waals surface area contributed by atoms with Gasteiger partial charge >= 0.3 is 0 Å². The van der Waals surface area contributed by atoms with Crippen molar-refractivity contribution in [2.45, 2.75) is 46.3 Å². The molecule has 6 nitrogen and oxygen atoms in total. The Bertz CT molecular complexity index is 594. The zero-order chi connectivity index (χ0) is 21.1. The van der Waals surface area contributed by atoms with E-state index in [0.717, 1.165) is 51.9 Å². The molecule has 1 atom stereocenters. The topological polar surface area (TPSA) is 52.1 Å². The molecule has 1 heterocycles. The molecule has 0 bridgehead atoms. The van der Waals surface area contributed by atoms with Crippen LogP contribution in [-0.4, -0.2) is 75.3 Å². The van der Waals surface area contributed by atoms with Gasteiger partial charge in [0.15, 0.2) is 5.96 Å². The number of hydrogen-bond acceptors (Lipinski definition) is 4. The molecular formula is C23H41N5O. The van der Waals surface area contributed by atoms with Gasteiger partial charge in [0.1, 0.15) is 0 Å². The van der Waals surface area contributed by atoms with Gasteiger partial charge in [0.05, 0.1) is 19.8 Å². The third-order valence-corrected chi connectivity index (χ3v) is 5.10. The molecule has 0 spiro atoms. The van der Waals surface area contributed by atoms with Crippen LogP contribution in [0.5, 0.6) is 0 Å². The largest absolute Gasteiger partial charge is 0.379 e. The van der Waals surface area contributed by atoms with Gasteiger partial charge < -0.3 is 20.3 Å². The van der Waals surface area contributed by atoms with Crippen LogP contribution >= 0.6 is 0 Å². The highest BCUT2D eigenvalue weighted by Crippen LogP contribution is 2.13. The minimum absolute atomic E-state index is 0.507. The van der Waals surface area contributed by atoms with E-state index in [-0.39, 0.29) is 0 Å². The number of ether oxygens (including phenoxy) is 1. The van der Waals surface area contributed by atoms with E-state index in [1.807, 2.05) is 0 Å². The number of morpholine rings is 1.